The van der Waals surface area contributed by atoms with Gasteiger partial charge in [0.05, 0.1) is 30.5 Å². The molecule has 0 saturated heterocycles. The number of nitrogens with one attached hydrogen (secondary N) is 1. The molecule has 0 bridgehead atoms. The first kappa shape index (κ1) is 16.9. The van der Waals surface area contributed by atoms with Gasteiger partial charge in [0.2, 0.25) is 6.79 Å². The third-order valence-electron chi connectivity index (χ3n) is 4.02. The molecule has 1 aliphatic heterocycles. The Bertz CT molecular complexity index is 942. The first-order valence-corrected chi connectivity index (χ1v) is 8.37. The van der Waals surface area contributed by atoms with Crippen LogP contribution in [-0.4, -0.2) is 28.8 Å². The van der Waals surface area contributed by atoms with Gasteiger partial charge in [0.1, 0.15) is 5.75 Å². The molecule has 1 unspecified atom stereocenters. The molecule has 3 heterocycles. The highest BCUT2D eigenvalue weighted by atomic mass is 16.7. The SMILES string of the molecule is CC(Oc1ccc2c(c1)OCO2)C(=O)NCc1nccnc1-c1ccoc1. The Morgan fingerprint density at radius 2 is 2.07 bits per heavy atom. The van der Waals surface area contributed by atoms with E-state index >= 15 is 0 Å². The van der Waals surface area contributed by atoms with Gasteiger partial charge in [-0.1, -0.05) is 0 Å². The van der Waals surface area contributed by atoms with Gasteiger partial charge in [-0.2, -0.15) is 0 Å². The standard InChI is InChI=1S/C19H17N3O5/c1-12(27-14-2-3-16-17(8-14)26-11-25-16)19(23)22-9-15-18(21-6-5-20-15)13-4-7-24-10-13/h2-8,10,12H,9,11H2,1H3,(H,22,23). The van der Waals surface area contributed by atoms with E-state index in [1.165, 1.54) is 0 Å². The molecule has 0 fully saturated rings. The number of fused-ring (bicyclic) bond motifs is 1. The van der Waals surface area contributed by atoms with E-state index in [1.54, 1.807) is 56.1 Å². The summed E-state index contributed by atoms with van der Waals surface area (Å²) in [6.45, 7) is 2.08. The van der Waals surface area contributed by atoms with E-state index in [-0.39, 0.29) is 19.2 Å². The van der Waals surface area contributed by atoms with Crippen LogP contribution in [-0.2, 0) is 11.3 Å². The maximum atomic E-state index is 12.4. The van der Waals surface area contributed by atoms with Crippen molar-refractivity contribution in [2.45, 2.75) is 19.6 Å². The van der Waals surface area contributed by atoms with E-state index in [0.29, 0.717) is 28.6 Å². The lowest BCUT2D eigenvalue weighted by atomic mass is 10.2. The molecular formula is C19H17N3O5. The number of aromatic nitrogens is 2. The zero-order chi connectivity index (χ0) is 18.6. The van der Waals surface area contributed by atoms with Gasteiger partial charge in [0.15, 0.2) is 17.6 Å². The van der Waals surface area contributed by atoms with Crippen molar-refractivity contribution in [1.82, 2.24) is 15.3 Å². The molecular weight excluding hydrogens is 350 g/mol. The van der Waals surface area contributed by atoms with Gasteiger partial charge < -0.3 is 23.9 Å². The minimum atomic E-state index is -0.695. The Balaban J connectivity index is 1.38. The highest BCUT2D eigenvalue weighted by Gasteiger charge is 2.19. The number of carbonyl (C=O) groups excluding carboxylic acids is 1. The molecule has 1 amide bonds. The van der Waals surface area contributed by atoms with Crippen molar-refractivity contribution in [2.75, 3.05) is 6.79 Å². The fourth-order valence-corrected chi connectivity index (χ4v) is 2.66. The fraction of sp³-hybridized carbons (Fsp3) is 0.211. The maximum absolute atomic E-state index is 12.4. The maximum Gasteiger partial charge on any atom is 0.261 e. The van der Waals surface area contributed by atoms with E-state index in [0.717, 1.165) is 5.56 Å². The van der Waals surface area contributed by atoms with E-state index in [1.807, 2.05) is 0 Å². The van der Waals surface area contributed by atoms with Crippen LogP contribution in [0.1, 0.15) is 12.6 Å². The Morgan fingerprint density at radius 3 is 2.93 bits per heavy atom. The lowest BCUT2D eigenvalue weighted by molar-refractivity contribution is -0.127. The summed E-state index contributed by atoms with van der Waals surface area (Å²) in [4.78, 5) is 21.0. The number of carbonyl (C=O) groups is 1. The fourth-order valence-electron chi connectivity index (χ4n) is 2.66. The minimum Gasteiger partial charge on any atom is -0.481 e. The highest BCUT2D eigenvalue weighted by molar-refractivity contribution is 5.80. The smallest absolute Gasteiger partial charge is 0.261 e. The summed E-state index contributed by atoms with van der Waals surface area (Å²) in [5, 5.41) is 2.82. The number of furan rings is 1. The molecule has 4 rings (SSSR count). The van der Waals surface area contributed by atoms with Crippen molar-refractivity contribution in [3.8, 4) is 28.5 Å². The Kier molecular flexibility index (Phi) is 4.61. The third kappa shape index (κ3) is 3.69. The van der Waals surface area contributed by atoms with Crippen molar-refractivity contribution >= 4 is 5.91 Å². The zero-order valence-corrected chi connectivity index (χ0v) is 14.5. The van der Waals surface area contributed by atoms with E-state index < -0.39 is 6.10 Å². The summed E-state index contributed by atoms with van der Waals surface area (Å²) in [7, 11) is 0. The Morgan fingerprint density at radius 1 is 1.22 bits per heavy atom. The average molecular weight is 367 g/mol. The number of amides is 1. The summed E-state index contributed by atoms with van der Waals surface area (Å²) in [5.74, 6) is 1.52. The predicted octanol–water partition coefficient (Wildman–Crippen LogP) is 2.55. The summed E-state index contributed by atoms with van der Waals surface area (Å²) in [6, 6.07) is 6.97. The van der Waals surface area contributed by atoms with Gasteiger partial charge in [-0.25, -0.2) is 0 Å². The van der Waals surface area contributed by atoms with Crippen LogP contribution in [0.25, 0.3) is 11.3 Å². The molecule has 1 N–H and O–H groups in total. The first-order valence-electron chi connectivity index (χ1n) is 8.37. The first-order chi connectivity index (χ1) is 13.2. The molecule has 3 aromatic rings. The van der Waals surface area contributed by atoms with Crippen LogP contribution in [0.2, 0.25) is 0 Å². The molecule has 27 heavy (non-hydrogen) atoms. The molecule has 8 nitrogen and oxygen atoms in total. The number of benzene rings is 1. The quantitative estimate of drug-likeness (QED) is 0.715. The zero-order valence-electron chi connectivity index (χ0n) is 14.5. The minimum absolute atomic E-state index is 0.186. The molecule has 8 heteroatoms. The van der Waals surface area contributed by atoms with Crippen molar-refractivity contribution in [2.24, 2.45) is 0 Å². The number of rotatable bonds is 6. The number of ether oxygens (including phenoxy) is 3. The van der Waals surface area contributed by atoms with Crippen LogP contribution in [0.4, 0.5) is 0 Å². The molecule has 138 valence electrons. The second kappa shape index (κ2) is 7.36. The van der Waals surface area contributed by atoms with Crippen LogP contribution in [0.5, 0.6) is 17.2 Å². The third-order valence-corrected chi connectivity index (χ3v) is 4.02. The molecule has 2 aromatic heterocycles. The van der Waals surface area contributed by atoms with E-state index in [2.05, 4.69) is 15.3 Å². The normalized spacial score (nSPS) is 13.2. The van der Waals surface area contributed by atoms with Gasteiger partial charge >= 0.3 is 0 Å². The topological polar surface area (TPSA) is 95.7 Å². The lowest BCUT2D eigenvalue weighted by Crippen LogP contribution is -2.36. The molecule has 0 spiro atoms. The Hall–Kier alpha value is -3.55. The van der Waals surface area contributed by atoms with E-state index in [4.69, 9.17) is 18.6 Å². The van der Waals surface area contributed by atoms with Crippen LogP contribution < -0.4 is 19.5 Å². The van der Waals surface area contributed by atoms with E-state index in [9.17, 15) is 4.79 Å². The number of hydrogen-bond donors (Lipinski definition) is 1. The molecule has 1 aromatic carbocycles. The monoisotopic (exact) mass is 367 g/mol. The van der Waals surface area contributed by atoms with Crippen molar-refractivity contribution < 1.29 is 23.4 Å². The second-order valence-corrected chi connectivity index (χ2v) is 5.86. The van der Waals surface area contributed by atoms with Gasteiger partial charge in [-0.15, -0.1) is 0 Å². The summed E-state index contributed by atoms with van der Waals surface area (Å²) in [5.41, 5.74) is 2.11. The van der Waals surface area contributed by atoms with Crippen molar-refractivity contribution in [3.05, 3.63) is 54.9 Å². The summed E-state index contributed by atoms with van der Waals surface area (Å²) >= 11 is 0. The van der Waals surface area contributed by atoms with Crippen molar-refractivity contribution in [3.63, 3.8) is 0 Å². The van der Waals surface area contributed by atoms with Gasteiger partial charge in [0, 0.05) is 24.0 Å². The largest absolute Gasteiger partial charge is 0.481 e. The van der Waals surface area contributed by atoms with Crippen LogP contribution in [0.15, 0.2) is 53.6 Å². The molecule has 0 aliphatic carbocycles. The number of hydrogen-bond acceptors (Lipinski definition) is 7. The summed E-state index contributed by atoms with van der Waals surface area (Å²) in [6.07, 6.45) is 5.63. The predicted molar refractivity (Wildman–Crippen MR) is 94.2 cm³/mol. The van der Waals surface area contributed by atoms with Crippen LogP contribution in [0.3, 0.4) is 0 Å². The van der Waals surface area contributed by atoms with Crippen molar-refractivity contribution in [1.29, 1.82) is 0 Å². The molecule has 0 radical (unpaired) electrons. The summed E-state index contributed by atoms with van der Waals surface area (Å²) < 4.78 is 21.4. The van der Waals surface area contributed by atoms with Crippen LogP contribution in [0, 0.1) is 0 Å². The number of nitrogens with zero attached hydrogens (tertiary/aromatic N) is 2. The van der Waals surface area contributed by atoms with Gasteiger partial charge in [-0.3, -0.25) is 14.8 Å². The molecule has 1 atom stereocenters. The lowest BCUT2D eigenvalue weighted by Gasteiger charge is -2.15. The van der Waals surface area contributed by atoms with Gasteiger partial charge in [0.25, 0.3) is 5.91 Å². The highest BCUT2D eigenvalue weighted by Crippen LogP contribution is 2.35. The van der Waals surface area contributed by atoms with Crippen LogP contribution >= 0.6 is 0 Å². The molecule has 0 saturated carbocycles. The Labute approximate surface area is 155 Å². The second-order valence-electron chi connectivity index (χ2n) is 5.86. The molecule has 1 aliphatic rings. The average Bonchev–Trinajstić information content (AvgIpc) is 3.37. The van der Waals surface area contributed by atoms with Gasteiger partial charge in [-0.05, 0) is 25.1 Å².